The molecular formula is C10H16N6. The number of imidazole rings is 1. The van der Waals surface area contributed by atoms with Crippen molar-refractivity contribution in [1.82, 2.24) is 24.5 Å². The maximum Gasteiger partial charge on any atom is 0.0962 e. The molecule has 0 bridgehead atoms. The lowest BCUT2D eigenvalue weighted by molar-refractivity contribution is 0.583. The van der Waals surface area contributed by atoms with E-state index in [1.54, 1.807) is 4.68 Å². The molecule has 0 spiro atoms. The molecule has 0 saturated carbocycles. The smallest absolute Gasteiger partial charge is 0.0962 e. The lowest BCUT2D eigenvalue weighted by atomic mass is 10.4. The summed E-state index contributed by atoms with van der Waals surface area (Å²) in [5.41, 5.74) is 7.42. The van der Waals surface area contributed by atoms with Crippen LogP contribution in [0.1, 0.15) is 24.7 Å². The largest absolute Gasteiger partial charge is 0.333 e. The van der Waals surface area contributed by atoms with Gasteiger partial charge in [-0.3, -0.25) is 0 Å². The van der Waals surface area contributed by atoms with Crippen molar-refractivity contribution in [2.24, 2.45) is 5.73 Å². The Bertz CT molecular complexity index is 444. The first-order valence-electron chi connectivity index (χ1n) is 5.41. The first-order valence-corrected chi connectivity index (χ1v) is 5.41. The Morgan fingerprint density at radius 3 is 3.00 bits per heavy atom. The normalized spacial score (nSPS) is 10.9. The van der Waals surface area contributed by atoms with Crippen LogP contribution in [0.3, 0.4) is 0 Å². The van der Waals surface area contributed by atoms with Gasteiger partial charge in [0.25, 0.3) is 0 Å². The summed E-state index contributed by atoms with van der Waals surface area (Å²) in [6.07, 6.45) is 6.66. The molecule has 86 valence electrons. The summed E-state index contributed by atoms with van der Waals surface area (Å²) < 4.78 is 3.91. The molecule has 2 aromatic rings. The molecule has 0 amide bonds. The zero-order chi connectivity index (χ0) is 11.4. The lowest BCUT2D eigenvalue weighted by Crippen LogP contribution is -2.07. The minimum Gasteiger partial charge on any atom is -0.333 e. The molecule has 6 heteroatoms. The van der Waals surface area contributed by atoms with Gasteiger partial charge in [0, 0.05) is 13.1 Å². The third-order valence-corrected chi connectivity index (χ3v) is 2.38. The molecule has 0 saturated heterocycles. The van der Waals surface area contributed by atoms with E-state index in [9.17, 15) is 0 Å². The van der Waals surface area contributed by atoms with Crippen LogP contribution in [0.5, 0.6) is 0 Å². The van der Waals surface area contributed by atoms with Crippen molar-refractivity contribution in [2.75, 3.05) is 0 Å². The Hall–Kier alpha value is -1.69. The molecule has 2 aromatic heterocycles. The Morgan fingerprint density at radius 1 is 1.44 bits per heavy atom. The van der Waals surface area contributed by atoms with Gasteiger partial charge < -0.3 is 10.3 Å². The molecule has 0 radical (unpaired) electrons. The fourth-order valence-corrected chi connectivity index (χ4v) is 1.60. The summed E-state index contributed by atoms with van der Waals surface area (Å²) in [7, 11) is 0. The average Bonchev–Trinajstić information content (AvgIpc) is 2.90. The van der Waals surface area contributed by atoms with Gasteiger partial charge in [0.15, 0.2) is 0 Å². The third-order valence-electron chi connectivity index (χ3n) is 2.38. The van der Waals surface area contributed by atoms with E-state index >= 15 is 0 Å². The predicted molar refractivity (Wildman–Crippen MR) is 59.5 cm³/mol. The Labute approximate surface area is 94.1 Å². The molecule has 0 aliphatic heterocycles. The van der Waals surface area contributed by atoms with E-state index in [0.717, 1.165) is 24.4 Å². The van der Waals surface area contributed by atoms with Gasteiger partial charge in [-0.15, -0.1) is 5.10 Å². The van der Waals surface area contributed by atoms with Crippen LogP contribution in [0.25, 0.3) is 0 Å². The molecule has 0 aliphatic carbocycles. The van der Waals surface area contributed by atoms with E-state index < -0.39 is 0 Å². The number of aryl methyl sites for hydroxylation is 1. The Kier molecular flexibility index (Phi) is 3.31. The molecule has 2 rings (SSSR count). The van der Waals surface area contributed by atoms with E-state index in [0.29, 0.717) is 13.1 Å². The Balaban J connectivity index is 2.10. The highest BCUT2D eigenvalue weighted by atomic mass is 15.4. The molecule has 0 atom stereocenters. The Morgan fingerprint density at radius 2 is 2.31 bits per heavy atom. The van der Waals surface area contributed by atoms with Gasteiger partial charge in [-0.05, 0) is 6.42 Å². The molecule has 0 unspecified atom stereocenters. The first-order chi connectivity index (χ1) is 7.83. The summed E-state index contributed by atoms with van der Waals surface area (Å²) in [4.78, 5) is 4.14. The maximum atomic E-state index is 5.48. The van der Waals surface area contributed by atoms with Crippen molar-refractivity contribution in [3.63, 3.8) is 0 Å². The van der Waals surface area contributed by atoms with Crippen molar-refractivity contribution in [1.29, 1.82) is 0 Å². The van der Waals surface area contributed by atoms with Gasteiger partial charge in [0.05, 0.1) is 36.7 Å². The van der Waals surface area contributed by atoms with Crippen molar-refractivity contribution < 1.29 is 0 Å². The monoisotopic (exact) mass is 220 g/mol. The zero-order valence-corrected chi connectivity index (χ0v) is 9.37. The van der Waals surface area contributed by atoms with Crippen molar-refractivity contribution in [3.8, 4) is 0 Å². The minimum absolute atomic E-state index is 0.425. The van der Waals surface area contributed by atoms with Gasteiger partial charge in [0.2, 0.25) is 0 Å². The van der Waals surface area contributed by atoms with Gasteiger partial charge in [-0.2, -0.15) is 0 Å². The fourth-order valence-electron chi connectivity index (χ4n) is 1.60. The maximum absolute atomic E-state index is 5.48. The van der Waals surface area contributed by atoms with Crippen LogP contribution < -0.4 is 5.73 Å². The SMILES string of the molecule is CCCn1cncc1Cn1cc(CN)nn1. The molecule has 0 aliphatic rings. The average molecular weight is 220 g/mol. The highest BCUT2D eigenvalue weighted by Crippen LogP contribution is 2.03. The molecule has 0 fully saturated rings. The van der Waals surface area contributed by atoms with Crippen LogP contribution >= 0.6 is 0 Å². The molecule has 6 nitrogen and oxygen atoms in total. The van der Waals surface area contributed by atoms with Gasteiger partial charge in [0.1, 0.15) is 0 Å². The predicted octanol–water partition coefficient (Wildman–Crippen LogP) is 0.392. The van der Waals surface area contributed by atoms with E-state index in [4.69, 9.17) is 5.73 Å². The standard InChI is InChI=1S/C10H16N6/c1-2-3-15-8-12-5-10(15)7-16-6-9(4-11)13-14-16/h5-6,8H,2-4,7,11H2,1H3. The van der Waals surface area contributed by atoms with Crippen LogP contribution in [0.15, 0.2) is 18.7 Å². The second-order valence-corrected chi connectivity index (χ2v) is 3.69. The van der Waals surface area contributed by atoms with Crippen LogP contribution in [0.4, 0.5) is 0 Å². The molecule has 16 heavy (non-hydrogen) atoms. The van der Waals surface area contributed by atoms with E-state index in [1.165, 1.54) is 0 Å². The topological polar surface area (TPSA) is 74.5 Å². The minimum atomic E-state index is 0.425. The number of hydrogen-bond acceptors (Lipinski definition) is 4. The quantitative estimate of drug-likeness (QED) is 0.791. The van der Waals surface area contributed by atoms with E-state index in [2.05, 4.69) is 26.8 Å². The second-order valence-electron chi connectivity index (χ2n) is 3.69. The summed E-state index contributed by atoms with van der Waals surface area (Å²) >= 11 is 0. The van der Waals surface area contributed by atoms with Gasteiger partial charge in [-0.1, -0.05) is 12.1 Å². The number of rotatable bonds is 5. The van der Waals surface area contributed by atoms with Crippen LogP contribution in [-0.2, 0) is 19.6 Å². The summed E-state index contributed by atoms with van der Waals surface area (Å²) in [5, 5.41) is 7.96. The molecule has 2 heterocycles. The zero-order valence-electron chi connectivity index (χ0n) is 9.37. The van der Waals surface area contributed by atoms with Crippen LogP contribution in [0, 0.1) is 0 Å². The number of hydrogen-bond donors (Lipinski definition) is 1. The molecule has 0 aromatic carbocycles. The second kappa shape index (κ2) is 4.89. The summed E-state index contributed by atoms with van der Waals surface area (Å²) in [6, 6.07) is 0. The van der Waals surface area contributed by atoms with Crippen molar-refractivity contribution >= 4 is 0 Å². The summed E-state index contributed by atoms with van der Waals surface area (Å²) in [6.45, 7) is 4.24. The van der Waals surface area contributed by atoms with Crippen LogP contribution in [0.2, 0.25) is 0 Å². The van der Waals surface area contributed by atoms with Crippen LogP contribution in [-0.4, -0.2) is 24.5 Å². The fraction of sp³-hybridized carbons (Fsp3) is 0.500. The number of aromatic nitrogens is 5. The van der Waals surface area contributed by atoms with Gasteiger partial charge in [-0.25, -0.2) is 9.67 Å². The summed E-state index contributed by atoms with van der Waals surface area (Å²) in [5.74, 6) is 0. The third kappa shape index (κ3) is 2.27. The van der Waals surface area contributed by atoms with Crippen molar-refractivity contribution in [3.05, 3.63) is 30.1 Å². The van der Waals surface area contributed by atoms with E-state index in [1.807, 2.05) is 18.7 Å². The lowest BCUT2D eigenvalue weighted by Gasteiger charge is -2.05. The van der Waals surface area contributed by atoms with Crippen molar-refractivity contribution in [2.45, 2.75) is 33.0 Å². The number of nitrogens with zero attached hydrogens (tertiary/aromatic N) is 5. The number of nitrogens with two attached hydrogens (primary N) is 1. The highest BCUT2D eigenvalue weighted by Gasteiger charge is 2.04. The molecule has 2 N–H and O–H groups in total. The molecular weight excluding hydrogens is 204 g/mol. The van der Waals surface area contributed by atoms with Gasteiger partial charge >= 0.3 is 0 Å². The van der Waals surface area contributed by atoms with E-state index in [-0.39, 0.29) is 0 Å². The highest BCUT2D eigenvalue weighted by molar-refractivity contribution is 5.00. The first kappa shape index (κ1) is 10.8.